The highest BCUT2D eigenvalue weighted by molar-refractivity contribution is 5.98. The number of carbonyl (C=O) groups is 3. The van der Waals surface area contributed by atoms with Crippen LogP contribution < -0.4 is 10.6 Å². The minimum atomic E-state index is -0.532. The minimum Gasteiger partial charge on any atom is -0.347 e. The quantitative estimate of drug-likeness (QED) is 0.443. The third kappa shape index (κ3) is 6.27. The third-order valence-electron chi connectivity index (χ3n) is 7.28. The van der Waals surface area contributed by atoms with E-state index in [-0.39, 0.29) is 25.7 Å². The lowest BCUT2D eigenvalue weighted by Crippen LogP contribution is -2.57. The maximum absolute atomic E-state index is 13.2. The van der Waals surface area contributed by atoms with E-state index in [1.807, 2.05) is 39.1 Å². The summed E-state index contributed by atoms with van der Waals surface area (Å²) in [5.74, 6) is 0.230. The summed E-state index contributed by atoms with van der Waals surface area (Å²) >= 11 is 0. The summed E-state index contributed by atoms with van der Waals surface area (Å²) in [6, 6.07) is 14.4. The predicted molar refractivity (Wildman–Crippen MR) is 152 cm³/mol. The standard InChI is InChI=1S/C29H32N4O3.C2H6.H2/c1-18-6-8-25-22(12-18)15-23-14-21(7-9-26(23)31-25)29(36)32-27(10-11-34)19-4-3-5-20(13-19)28(35)30-24-16-33(2)17-24;1-2;/h3-5,7,9,11,13-15,18,24,27H,6,8,10,12,16-17H2,1-2H3,(H,30,35)(H,32,36);1-2H3;1H/t18-,27+;;/m0../s1. The van der Waals surface area contributed by atoms with Crippen LogP contribution >= 0.6 is 0 Å². The highest BCUT2D eigenvalue weighted by atomic mass is 16.2. The summed E-state index contributed by atoms with van der Waals surface area (Å²) in [6.07, 6.45) is 4.07. The number of carbonyl (C=O) groups excluding carboxylic acids is 3. The molecule has 1 aliphatic heterocycles. The number of pyridine rings is 1. The topological polar surface area (TPSA) is 91.4 Å². The average molecular weight is 517 g/mol. The molecule has 5 rings (SSSR count). The molecule has 38 heavy (non-hydrogen) atoms. The van der Waals surface area contributed by atoms with Crippen LogP contribution in [0.1, 0.15) is 78.6 Å². The zero-order valence-electron chi connectivity index (χ0n) is 22.8. The number of likely N-dealkylation sites (tertiary alicyclic amines) is 1. The number of nitrogens with zero attached hydrogens (tertiary/aromatic N) is 2. The molecule has 0 radical (unpaired) electrons. The molecule has 0 unspecified atom stereocenters. The molecule has 2 aliphatic rings. The molecule has 2 aromatic carbocycles. The van der Waals surface area contributed by atoms with Crippen LogP contribution in [-0.4, -0.2) is 54.2 Å². The minimum absolute atomic E-state index is 0. The number of aromatic nitrogens is 1. The van der Waals surface area contributed by atoms with Gasteiger partial charge in [-0.3, -0.25) is 14.6 Å². The molecular weight excluding hydrogens is 476 g/mol. The van der Waals surface area contributed by atoms with Gasteiger partial charge < -0.3 is 20.3 Å². The van der Waals surface area contributed by atoms with Crippen LogP contribution in [0.25, 0.3) is 10.9 Å². The molecule has 1 aliphatic carbocycles. The van der Waals surface area contributed by atoms with E-state index in [0.29, 0.717) is 17.0 Å². The van der Waals surface area contributed by atoms with E-state index in [9.17, 15) is 14.4 Å². The van der Waals surface area contributed by atoms with Gasteiger partial charge in [0.25, 0.3) is 11.8 Å². The molecule has 3 aromatic rings. The van der Waals surface area contributed by atoms with Crippen LogP contribution in [-0.2, 0) is 17.6 Å². The van der Waals surface area contributed by atoms with E-state index in [0.717, 1.165) is 60.8 Å². The molecule has 1 aromatic heterocycles. The second-order valence-corrected chi connectivity index (χ2v) is 10.3. The number of fused-ring (bicyclic) bond motifs is 2. The Morgan fingerprint density at radius 1 is 1.11 bits per heavy atom. The summed E-state index contributed by atoms with van der Waals surface area (Å²) in [6.45, 7) is 7.92. The smallest absolute Gasteiger partial charge is 0.251 e. The van der Waals surface area contributed by atoms with Gasteiger partial charge in [-0.1, -0.05) is 32.9 Å². The van der Waals surface area contributed by atoms with Crippen LogP contribution in [0.3, 0.4) is 0 Å². The van der Waals surface area contributed by atoms with Crippen molar-refractivity contribution in [1.29, 1.82) is 0 Å². The van der Waals surface area contributed by atoms with Crippen molar-refractivity contribution < 1.29 is 15.8 Å². The Balaban J connectivity index is 0.00000137. The zero-order chi connectivity index (χ0) is 27.2. The van der Waals surface area contributed by atoms with Crippen LogP contribution in [0.5, 0.6) is 0 Å². The lowest BCUT2D eigenvalue weighted by Gasteiger charge is -2.36. The fourth-order valence-corrected chi connectivity index (χ4v) is 5.23. The van der Waals surface area contributed by atoms with Crippen molar-refractivity contribution in [1.82, 2.24) is 20.5 Å². The van der Waals surface area contributed by atoms with Crippen LogP contribution in [0, 0.1) is 5.92 Å². The number of aldehydes is 1. The van der Waals surface area contributed by atoms with Crippen molar-refractivity contribution >= 4 is 29.0 Å². The maximum atomic E-state index is 13.2. The molecule has 1 fully saturated rings. The van der Waals surface area contributed by atoms with Crippen molar-refractivity contribution in [2.24, 2.45) is 5.92 Å². The molecule has 2 amide bonds. The zero-order valence-corrected chi connectivity index (χ0v) is 22.8. The number of rotatable bonds is 7. The van der Waals surface area contributed by atoms with Gasteiger partial charge in [0, 0.05) is 43.1 Å². The number of hydrogen-bond acceptors (Lipinski definition) is 5. The lowest BCUT2D eigenvalue weighted by molar-refractivity contribution is -0.108. The predicted octanol–water partition coefficient (Wildman–Crippen LogP) is 4.74. The molecule has 2 atom stereocenters. The molecule has 7 nitrogen and oxygen atoms in total. The molecule has 0 spiro atoms. The Kier molecular flexibility index (Phi) is 8.89. The Morgan fingerprint density at radius 3 is 2.61 bits per heavy atom. The monoisotopic (exact) mass is 516 g/mol. The van der Waals surface area contributed by atoms with Crippen molar-refractivity contribution in [3.63, 3.8) is 0 Å². The van der Waals surface area contributed by atoms with Crippen molar-refractivity contribution in [2.75, 3.05) is 20.1 Å². The van der Waals surface area contributed by atoms with Crippen molar-refractivity contribution in [3.05, 3.63) is 76.5 Å². The number of nitrogens with one attached hydrogen (secondary N) is 2. The molecule has 7 heteroatoms. The number of likely N-dealkylation sites (N-methyl/N-ethyl adjacent to an activating group) is 1. The summed E-state index contributed by atoms with van der Waals surface area (Å²) in [5.41, 5.74) is 5.08. The Labute approximate surface area is 226 Å². The van der Waals surface area contributed by atoms with E-state index in [2.05, 4.69) is 28.5 Å². The molecular formula is C31H40N4O3. The summed E-state index contributed by atoms with van der Waals surface area (Å²) in [7, 11) is 2.01. The first kappa shape index (κ1) is 27.5. The summed E-state index contributed by atoms with van der Waals surface area (Å²) in [4.78, 5) is 44.3. The fourth-order valence-electron chi connectivity index (χ4n) is 5.23. The highest BCUT2D eigenvalue weighted by Gasteiger charge is 2.25. The largest absolute Gasteiger partial charge is 0.347 e. The lowest BCUT2D eigenvalue weighted by atomic mass is 9.87. The van der Waals surface area contributed by atoms with E-state index in [4.69, 9.17) is 4.98 Å². The Hall–Kier alpha value is -3.58. The first-order chi connectivity index (χ1) is 18.4. The van der Waals surface area contributed by atoms with Crippen LogP contribution in [0.15, 0.2) is 48.5 Å². The highest BCUT2D eigenvalue weighted by Crippen LogP contribution is 2.28. The Bertz CT molecular complexity index is 1320. The van der Waals surface area contributed by atoms with Gasteiger partial charge in [0.2, 0.25) is 0 Å². The van der Waals surface area contributed by atoms with Gasteiger partial charge in [-0.05, 0) is 79.8 Å². The second-order valence-electron chi connectivity index (χ2n) is 10.3. The van der Waals surface area contributed by atoms with E-state index in [1.165, 1.54) is 5.56 Å². The normalized spacial score (nSPS) is 17.8. The number of hydrogen-bond donors (Lipinski definition) is 2. The molecule has 2 heterocycles. The van der Waals surface area contributed by atoms with Gasteiger partial charge in [0.15, 0.2) is 0 Å². The van der Waals surface area contributed by atoms with Gasteiger partial charge in [-0.25, -0.2) is 0 Å². The Morgan fingerprint density at radius 2 is 1.87 bits per heavy atom. The first-order valence-electron chi connectivity index (χ1n) is 13.7. The fraction of sp³-hybridized carbons (Fsp3) is 0.419. The van der Waals surface area contributed by atoms with Gasteiger partial charge in [-0.15, -0.1) is 0 Å². The van der Waals surface area contributed by atoms with Crippen LogP contribution in [0.2, 0.25) is 0 Å². The van der Waals surface area contributed by atoms with Gasteiger partial charge >= 0.3 is 0 Å². The molecule has 2 N–H and O–H groups in total. The van der Waals surface area contributed by atoms with E-state index < -0.39 is 6.04 Å². The number of aryl methyl sites for hydroxylation is 1. The number of benzene rings is 2. The number of amides is 2. The van der Waals surface area contributed by atoms with Gasteiger partial charge in [-0.2, -0.15) is 0 Å². The van der Waals surface area contributed by atoms with Crippen LogP contribution in [0.4, 0.5) is 0 Å². The molecule has 0 saturated carbocycles. The van der Waals surface area contributed by atoms with Gasteiger partial charge in [0.05, 0.1) is 17.6 Å². The third-order valence-corrected chi connectivity index (χ3v) is 7.28. The molecule has 202 valence electrons. The summed E-state index contributed by atoms with van der Waals surface area (Å²) < 4.78 is 0. The molecule has 1 saturated heterocycles. The van der Waals surface area contributed by atoms with Gasteiger partial charge in [0.1, 0.15) is 6.29 Å². The second kappa shape index (κ2) is 12.3. The first-order valence-corrected chi connectivity index (χ1v) is 13.7. The average Bonchev–Trinajstić information content (AvgIpc) is 2.91. The van der Waals surface area contributed by atoms with E-state index >= 15 is 0 Å². The van der Waals surface area contributed by atoms with Crippen molar-refractivity contribution in [3.8, 4) is 0 Å². The maximum Gasteiger partial charge on any atom is 0.251 e. The SMILES string of the molecule is CC.C[C@H]1CCc2nc3ccc(C(=O)N[C@H](CC=O)c4cccc(C(=O)NC5CN(C)C5)c4)cc3cc2C1.[HH]. The van der Waals surface area contributed by atoms with Crippen molar-refractivity contribution in [2.45, 2.75) is 58.5 Å². The van der Waals surface area contributed by atoms with E-state index in [1.54, 1.807) is 24.3 Å². The molecule has 0 bridgehead atoms. The summed E-state index contributed by atoms with van der Waals surface area (Å²) in [5, 5.41) is 6.96.